The Balaban J connectivity index is 0.00000242. The second-order valence-electron chi connectivity index (χ2n) is 5.43. The molecule has 1 saturated heterocycles. The summed E-state index contributed by atoms with van der Waals surface area (Å²) in [7, 11) is 0. The quantitative estimate of drug-likeness (QED) is 0.233. The molecule has 1 aromatic rings. The zero-order valence-corrected chi connectivity index (χ0v) is 17.4. The summed E-state index contributed by atoms with van der Waals surface area (Å²) in [6, 6.07) is 0. The average molecular weight is 454 g/mol. The first kappa shape index (κ1) is 20.0. The Morgan fingerprint density at radius 1 is 1.59 bits per heavy atom. The van der Waals surface area contributed by atoms with Crippen molar-refractivity contribution in [3.05, 3.63) is 11.6 Å². The summed E-state index contributed by atoms with van der Waals surface area (Å²) in [5.74, 6) is 2.97. The molecule has 1 aromatic heterocycles. The van der Waals surface area contributed by atoms with Gasteiger partial charge < -0.3 is 10.2 Å². The van der Waals surface area contributed by atoms with Crippen molar-refractivity contribution in [3.63, 3.8) is 0 Å². The van der Waals surface area contributed by atoms with Crippen LogP contribution in [-0.4, -0.2) is 47.8 Å². The lowest BCUT2D eigenvalue weighted by Crippen LogP contribution is -2.46. The Bertz CT molecular complexity index is 425. The smallest absolute Gasteiger partial charge is 0.193 e. The molecule has 22 heavy (non-hydrogen) atoms. The molecule has 2 heterocycles. The number of thioether (sulfide) groups is 1. The van der Waals surface area contributed by atoms with E-state index in [1.807, 2.05) is 23.3 Å². The van der Waals surface area contributed by atoms with Crippen LogP contribution in [0, 0.1) is 5.92 Å². The maximum atomic E-state index is 4.79. The zero-order valence-electron chi connectivity index (χ0n) is 13.5. The molecule has 1 N–H and O–H groups in total. The highest BCUT2D eigenvalue weighted by atomic mass is 127. The van der Waals surface area contributed by atoms with E-state index in [4.69, 9.17) is 4.99 Å². The van der Waals surface area contributed by atoms with Crippen LogP contribution in [0.1, 0.15) is 33.1 Å². The summed E-state index contributed by atoms with van der Waals surface area (Å²) in [5.41, 5.74) is 0. The van der Waals surface area contributed by atoms with Gasteiger partial charge in [0.05, 0.1) is 0 Å². The van der Waals surface area contributed by atoms with Crippen molar-refractivity contribution in [2.24, 2.45) is 10.9 Å². The third-order valence-electron chi connectivity index (χ3n) is 3.49. The van der Waals surface area contributed by atoms with E-state index in [2.05, 4.69) is 29.0 Å². The van der Waals surface area contributed by atoms with Crippen LogP contribution in [0.25, 0.3) is 0 Å². The maximum Gasteiger partial charge on any atom is 0.193 e. The summed E-state index contributed by atoms with van der Waals surface area (Å²) >= 11 is 3.55. The van der Waals surface area contributed by atoms with Crippen molar-refractivity contribution in [1.82, 2.24) is 15.2 Å². The van der Waals surface area contributed by atoms with Gasteiger partial charge in [-0.15, -0.1) is 35.3 Å². The van der Waals surface area contributed by atoms with Crippen molar-refractivity contribution in [2.45, 2.75) is 37.4 Å². The molecule has 0 saturated carbocycles. The number of rotatable bonds is 6. The fourth-order valence-electron chi connectivity index (χ4n) is 2.50. The number of guanidine groups is 1. The van der Waals surface area contributed by atoms with E-state index in [0.717, 1.165) is 54.6 Å². The van der Waals surface area contributed by atoms with Crippen LogP contribution in [0.5, 0.6) is 0 Å². The minimum absolute atomic E-state index is 0. The van der Waals surface area contributed by atoms with Crippen LogP contribution < -0.4 is 5.32 Å². The highest BCUT2D eigenvalue weighted by Crippen LogP contribution is 2.20. The molecule has 4 nitrogen and oxygen atoms in total. The predicted octanol–water partition coefficient (Wildman–Crippen LogP) is 3.94. The Hall–Kier alpha value is -0.0200. The van der Waals surface area contributed by atoms with Crippen LogP contribution >= 0.6 is 47.1 Å². The number of likely N-dealkylation sites (tertiary alicyclic amines) is 1. The number of hydrogen-bond acceptors (Lipinski definition) is 4. The molecule has 0 bridgehead atoms. The van der Waals surface area contributed by atoms with Gasteiger partial charge >= 0.3 is 0 Å². The maximum absolute atomic E-state index is 4.79. The van der Waals surface area contributed by atoms with Crippen molar-refractivity contribution < 1.29 is 0 Å². The molecule has 1 unspecified atom stereocenters. The molecule has 0 radical (unpaired) electrons. The minimum Gasteiger partial charge on any atom is -0.357 e. The minimum atomic E-state index is 0. The molecule has 126 valence electrons. The number of aliphatic imine (C=N–C) groups is 1. The monoisotopic (exact) mass is 454 g/mol. The number of thiazole rings is 1. The first-order valence-electron chi connectivity index (χ1n) is 7.85. The van der Waals surface area contributed by atoms with Gasteiger partial charge in [0, 0.05) is 43.5 Å². The molecule has 1 atom stereocenters. The molecular weight excluding hydrogens is 427 g/mol. The summed E-state index contributed by atoms with van der Waals surface area (Å²) in [4.78, 5) is 11.5. The van der Waals surface area contributed by atoms with Crippen LogP contribution in [0.2, 0.25) is 0 Å². The average Bonchev–Trinajstić information content (AvgIpc) is 2.99. The van der Waals surface area contributed by atoms with E-state index in [0.29, 0.717) is 0 Å². The van der Waals surface area contributed by atoms with E-state index in [1.165, 1.54) is 12.8 Å². The molecule has 0 aliphatic carbocycles. The molecule has 1 fully saturated rings. The van der Waals surface area contributed by atoms with Gasteiger partial charge in [0.1, 0.15) is 4.34 Å². The lowest BCUT2D eigenvalue weighted by Gasteiger charge is -2.33. The van der Waals surface area contributed by atoms with Gasteiger partial charge in [-0.1, -0.05) is 18.7 Å². The summed E-state index contributed by atoms with van der Waals surface area (Å²) in [6.45, 7) is 8.59. The SMILES string of the molecule is CCNC(=NCCCSc1nccs1)N1CCCC(C)C1.I. The Morgan fingerprint density at radius 2 is 2.45 bits per heavy atom. The van der Waals surface area contributed by atoms with Gasteiger partial charge in [0.15, 0.2) is 5.96 Å². The van der Waals surface area contributed by atoms with Crippen LogP contribution in [-0.2, 0) is 0 Å². The first-order chi connectivity index (χ1) is 10.3. The Morgan fingerprint density at radius 3 is 3.14 bits per heavy atom. The third kappa shape index (κ3) is 7.04. The van der Waals surface area contributed by atoms with Crippen molar-refractivity contribution in [1.29, 1.82) is 0 Å². The second kappa shape index (κ2) is 11.5. The van der Waals surface area contributed by atoms with Crippen LogP contribution in [0.15, 0.2) is 20.9 Å². The van der Waals surface area contributed by atoms with Crippen LogP contribution in [0.3, 0.4) is 0 Å². The van der Waals surface area contributed by atoms with Gasteiger partial charge in [-0.2, -0.15) is 0 Å². The Kier molecular flexibility index (Phi) is 10.5. The topological polar surface area (TPSA) is 40.5 Å². The number of nitrogens with one attached hydrogen (secondary N) is 1. The number of halogens is 1. The lowest BCUT2D eigenvalue weighted by atomic mass is 10.0. The third-order valence-corrected chi connectivity index (χ3v) is 5.54. The number of hydrogen-bond donors (Lipinski definition) is 1. The van der Waals surface area contributed by atoms with Gasteiger partial charge in [-0.05, 0) is 32.1 Å². The highest BCUT2D eigenvalue weighted by molar-refractivity contribution is 14.0. The van der Waals surface area contributed by atoms with Crippen LogP contribution in [0.4, 0.5) is 0 Å². The van der Waals surface area contributed by atoms with E-state index in [1.54, 1.807) is 11.3 Å². The summed E-state index contributed by atoms with van der Waals surface area (Å²) in [6.07, 6.45) is 5.60. The molecule has 7 heteroatoms. The fraction of sp³-hybridized carbons (Fsp3) is 0.733. The number of aromatic nitrogens is 1. The van der Waals surface area contributed by atoms with Gasteiger partial charge in [0.25, 0.3) is 0 Å². The first-order valence-corrected chi connectivity index (χ1v) is 9.71. The van der Waals surface area contributed by atoms with Gasteiger partial charge in [-0.3, -0.25) is 4.99 Å². The predicted molar refractivity (Wildman–Crippen MR) is 109 cm³/mol. The second-order valence-corrected chi connectivity index (χ2v) is 7.67. The molecule has 1 aliphatic heterocycles. The number of piperidine rings is 1. The molecule has 1 aliphatic rings. The largest absolute Gasteiger partial charge is 0.357 e. The molecule has 0 spiro atoms. The van der Waals surface area contributed by atoms with E-state index in [-0.39, 0.29) is 24.0 Å². The van der Waals surface area contributed by atoms with E-state index in [9.17, 15) is 0 Å². The van der Waals surface area contributed by atoms with Gasteiger partial charge in [-0.25, -0.2) is 4.98 Å². The fourth-order valence-corrected chi connectivity index (χ4v) is 4.13. The number of nitrogens with zero attached hydrogens (tertiary/aromatic N) is 3. The normalized spacial score (nSPS) is 18.9. The Labute approximate surface area is 159 Å². The van der Waals surface area contributed by atoms with Gasteiger partial charge in [0.2, 0.25) is 0 Å². The van der Waals surface area contributed by atoms with E-state index >= 15 is 0 Å². The lowest BCUT2D eigenvalue weighted by molar-refractivity contribution is 0.266. The zero-order chi connectivity index (χ0) is 14.9. The standard InChI is InChI=1S/C15H26N4S2.HI/c1-3-16-14(19-9-4-6-13(2)12-19)17-7-5-10-20-15-18-8-11-21-15;/h8,11,13H,3-7,9-10,12H2,1-2H3,(H,16,17);1H. The summed E-state index contributed by atoms with van der Waals surface area (Å²) in [5, 5.41) is 5.47. The van der Waals surface area contributed by atoms with Crippen molar-refractivity contribution >= 4 is 53.0 Å². The molecular formula is C15H27IN4S2. The van der Waals surface area contributed by atoms with E-state index < -0.39 is 0 Å². The molecule has 0 amide bonds. The molecule has 0 aromatic carbocycles. The van der Waals surface area contributed by atoms with Crippen molar-refractivity contribution in [3.8, 4) is 0 Å². The summed E-state index contributed by atoms with van der Waals surface area (Å²) < 4.78 is 1.16. The molecule has 2 rings (SSSR count). The van der Waals surface area contributed by atoms with Crippen molar-refractivity contribution in [2.75, 3.05) is 31.9 Å². The highest BCUT2D eigenvalue weighted by Gasteiger charge is 2.18.